The normalized spacial score (nSPS) is 11.2. The van der Waals surface area contributed by atoms with Crippen molar-refractivity contribution in [2.45, 2.75) is 11.4 Å². The largest absolute Gasteiger partial charge is 0.496 e. The summed E-state index contributed by atoms with van der Waals surface area (Å²) in [6, 6.07) is 11.6. The van der Waals surface area contributed by atoms with E-state index < -0.39 is 10.0 Å². The first-order valence-corrected chi connectivity index (χ1v) is 8.02. The van der Waals surface area contributed by atoms with Gasteiger partial charge in [0.1, 0.15) is 5.75 Å². The van der Waals surface area contributed by atoms with E-state index in [9.17, 15) is 8.42 Å². The van der Waals surface area contributed by atoms with Gasteiger partial charge in [-0.2, -0.15) is 0 Å². The van der Waals surface area contributed by atoms with Crippen molar-refractivity contribution in [2.24, 2.45) is 5.14 Å². The molecule has 0 spiro atoms. The number of sulfonamides is 1. The maximum atomic E-state index is 11.3. The number of ether oxygens (including phenoxy) is 1. The average Bonchev–Trinajstić information content (AvgIpc) is 2.45. The molecule has 2 rings (SSSR count). The second-order valence-corrected chi connectivity index (χ2v) is 6.32. The minimum absolute atomic E-state index is 0.0543. The Labute approximate surface area is 128 Å². The van der Waals surface area contributed by atoms with Crippen LogP contribution in [0.25, 0.3) is 0 Å². The first kappa shape index (κ1) is 15.6. The van der Waals surface area contributed by atoms with Gasteiger partial charge in [0.25, 0.3) is 0 Å². The van der Waals surface area contributed by atoms with Gasteiger partial charge in [0, 0.05) is 22.8 Å². The minimum atomic E-state index is -3.72. The van der Waals surface area contributed by atoms with Crippen molar-refractivity contribution < 1.29 is 13.2 Å². The third kappa shape index (κ3) is 3.87. The number of hydrogen-bond acceptors (Lipinski definition) is 4. The lowest BCUT2D eigenvalue weighted by Crippen LogP contribution is -2.12. The molecule has 0 aliphatic carbocycles. The fourth-order valence-electron chi connectivity index (χ4n) is 1.88. The van der Waals surface area contributed by atoms with Gasteiger partial charge in [-0.05, 0) is 30.3 Å². The summed E-state index contributed by atoms with van der Waals surface area (Å²) in [7, 11) is -2.15. The fraction of sp³-hybridized carbons (Fsp3) is 0.143. The molecule has 0 bridgehead atoms. The van der Waals surface area contributed by atoms with Gasteiger partial charge in [-0.25, -0.2) is 13.6 Å². The molecule has 0 atom stereocenters. The van der Waals surface area contributed by atoms with E-state index in [1.54, 1.807) is 31.4 Å². The fourth-order valence-corrected chi connectivity index (χ4v) is 2.67. The number of methoxy groups -OCH3 is 1. The second-order valence-electron chi connectivity index (χ2n) is 4.35. The Morgan fingerprint density at radius 2 is 1.95 bits per heavy atom. The molecule has 2 aromatic carbocycles. The molecule has 0 aliphatic heterocycles. The van der Waals surface area contributed by atoms with Crippen molar-refractivity contribution in [1.29, 1.82) is 0 Å². The van der Waals surface area contributed by atoms with E-state index in [-0.39, 0.29) is 4.90 Å². The van der Waals surface area contributed by atoms with Crippen molar-refractivity contribution in [3.8, 4) is 5.75 Å². The Morgan fingerprint density at radius 3 is 2.62 bits per heavy atom. The van der Waals surface area contributed by atoms with Crippen LogP contribution in [0.2, 0.25) is 5.02 Å². The lowest BCUT2D eigenvalue weighted by molar-refractivity contribution is 0.410. The van der Waals surface area contributed by atoms with E-state index in [0.717, 1.165) is 5.56 Å². The van der Waals surface area contributed by atoms with E-state index in [1.165, 1.54) is 12.1 Å². The summed E-state index contributed by atoms with van der Waals surface area (Å²) >= 11 is 6.14. The maximum Gasteiger partial charge on any atom is 0.238 e. The molecule has 112 valence electrons. The second kappa shape index (κ2) is 6.34. The summed E-state index contributed by atoms with van der Waals surface area (Å²) in [4.78, 5) is 0.0543. The van der Waals surface area contributed by atoms with Crippen LogP contribution in [0.4, 0.5) is 5.69 Å². The molecule has 0 amide bonds. The van der Waals surface area contributed by atoms with Crippen LogP contribution < -0.4 is 15.2 Å². The molecule has 7 heteroatoms. The SMILES string of the molecule is COc1cccc(Cl)c1CNc1cccc(S(N)(=O)=O)c1. The molecule has 3 N–H and O–H groups in total. The Hall–Kier alpha value is -1.76. The van der Waals surface area contributed by atoms with E-state index >= 15 is 0 Å². The summed E-state index contributed by atoms with van der Waals surface area (Å²) in [5.74, 6) is 0.664. The highest BCUT2D eigenvalue weighted by Gasteiger charge is 2.10. The van der Waals surface area contributed by atoms with Gasteiger partial charge in [0.2, 0.25) is 10.0 Å². The molecule has 2 aromatic rings. The van der Waals surface area contributed by atoms with Crippen molar-refractivity contribution in [3.63, 3.8) is 0 Å². The Kier molecular flexibility index (Phi) is 4.72. The van der Waals surface area contributed by atoms with Crippen LogP contribution >= 0.6 is 11.6 Å². The first-order chi connectivity index (χ1) is 9.91. The van der Waals surface area contributed by atoms with Gasteiger partial charge >= 0.3 is 0 Å². The molecule has 0 radical (unpaired) electrons. The number of nitrogens with one attached hydrogen (secondary N) is 1. The zero-order chi connectivity index (χ0) is 15.5. The molecule has 21 heavy (non-hydrogen) atoms. The number of nitrogens with two attached hydrogens (primary N) is 1. The van der Waals surface area contributed by atoms with Crippen molar-refractivity contribution in [1.82, 2.24) is 0 Å². The average molecular weight is 327 g/mol. The number of halogens is 1. The molecule has 0 fully saturated rings. The van der Waals surface area contributed by atoms with E-state index in [1.807, 2.05) is 6.07 Å². The van der Waals surface area contributed by atoms with Gasteiger partial charge in [-0.1, -0.05) is 23.7 Å². The summed E-state index contributed by atoms with van der Waals surface area (Å²) in [6.07, 6.45) is 0. The quantitative estimate of drug-likeness (QED) is 0.885. The predicted molar refractivity (Wildman–Crippen MR) is 83.1 cm³/mol. The van der Waals surface area contributed by atoms with Crippen LogP contribution in [0.5, 0.6) is 5.75 Å². The summed E-state index contributed by atoms with van der Waals surface area (Å²) < 4.78 is 27.9. The van der Waals surface area contributed by atoms with E-state index in [0.29, 0.717) is 23.0 Å². The van der Waals surface area contributed by atoms with Gasteiger partial charge in [0.05, 0.1) is 12.0 Å². The zero-order valence-corrected chi connectivity index (χ0v) is 12.9. The molecule has 0 saturated carbocycles. The van der Waals surface area contributed by atoms with Gasteiger partial charge in [-0.3, -0.25) is 0 Å². The lowest BCUT2D eigenvalue weighted by atomic mass is 10.2. The molecular weight excluding hydrogens is 312 g/mol. The predicted octanol–water partition coefficient (Wildman–Crippen LogP) is 2.61. The van der Waals surface area contributed by atoms with Crippen LogP contribution in [0, 0.1) is 0 Å². The van der Waals surface area contributed by atoms with Gasteiger partial charge in [-0.15, -0.1) is 0 Å². The first-order valence-electron chi connectivity index (χ1n) is 6.10. The highest BCUT2D eigenvalue weighted by atomic mass is 35.5. The molecule has 0 heterocycles. The topological polar surface area (TPSA) is 81.4 Å². The van der Waals surface area contributed by atoms with Crippen molar-refractivity contribution >= 4 is 27.3 Å². The van der Waals surface area contributed by atoms with Crippen LogP contribution in [0.15, 0.2) is 47.4 Å². The van der Waals surface area contributed by atoms with Crippen molar-refractivity contribution in [2.75, 3.05) is 12.4 Å². The Bertz CT molecular complexity index is 748. The highest BCUT2D eigenvalue weighted by Crippen LogP contribution is 2.27. The third-order valence-corrected chi connectivity index (χ3v) is 4.19. The summed E-state index contributed by atoms with van der Waals surface area (Å²) in [5, 5.41) is 8.78. The molecular formula is C14H15ClN2O3S. The monoisotopic (exact) mass is 326 g/mol. The maximum absolute atomic E-state index is 11.3. The summed E-state index contributed by atoms with van der Waals surface area (Å²) in [5.41, 5.74) is 1.42. The number of benzene rings is 2. The smallest absolute Gasteiger partial charge is 0.238 e. The molecule has 0 aromatic heterocycles. The minimum Gasteiger partial charge on any atom is -0.496 e. The van der Waals surface area contributed by atoms with Crippen molar-refractivity contribution in [3.05, 3.63) is 53.1 Å². The molecule has 5 nitrogen and oxygen atoms in total. The van der Waals surface area contributed by atoms with Crippen LogP contribution in [0.3, 0.4) is 0 Å². The summed E-state index contributed by atoms with van der Waals surface area (Å²) in [6.45, 7) is 0.400. The number of primary sulfonamides is 1. The van der Waals surface area contributed by atoms with Gasteiger partial charge in [0.15, 0.2) is 0 Å². The number of anilines is 1. The van der Waals surface area contributed by atoms with Crippen LogP contribution in [0.1, 0.15) is 5.56 Å². The molecule has 0 saturated heterocycles. The Morgan fingerprint density at radius 1 is 1.24 bits per heavy atom. The van der Waals surface area contributed by atoms with E-state index in [4.69, 9.17) is 21.5 Å². The molecule has 0 unspecified atom stereocenters. The third-order valence-electron chi connectivity index (χ3n) is 2.93. The number of rotatable bonds is 5. The van der Waals surface area contributed by atoms with Crippen LogP contribution in [-0.4, -0.2) is 15.5 Å². The highest BCUT2D eigenvalue weighted by molar-refractivity contribution is 7.89. The zero-order valence-electron chi connectivity index (χ0n) is 11.3. The Balaban J connectivity index is 2.21. The van der Waals surface area contributed by atoms with Gasteiger partial charge < -0.3 is 10.1 Å². The van der Waals surface area contributed by atoms with E-state index in [2.05, 4.69) is 5.32 Å². The standard InChI is InChI=1S/C14H15ClN2O3S/c1-20-14-7-3-6-13(15)12(14)9-17-10-4-2-5-11(8-10)21(16,18)19/h2-8,17H,9H2,1H3,(H2,16,18,19). The number of hydrogen-bond donors (Lipinski definition) is 2. The molecule has 0 aliphatic rings. The lowest BCUT2D eigenvalue weighted by Gasteiger charge is -2.12. The van der Waals surface area contributed by atoms with Crippen LogP contribution in [-0.2, 0) is 16.6 Å².